The Labute approximate surface area is 133 Å². The van der Waals surface area contributed by atoms with Crippen LogP contribution in [0.5, 0.6) is 0 Å². The average molecular weight is 354 g/mol. The van der Waals surface area contributed by atoms with Crippen molar-refractivity contribution in [1.82, 2.24) is 5.32 Å². The lowest BCUT2D eigenvalue weighted by Gasteiger charge is -2.14. The largest absolute Gasteiger partial charge is 0.481 e. The summed E-state index contributed by atoms with van der Waals surface area (Å²) in [6.45, 7) is 4.07. The summed E-state index contributed by atoms with van der Waals surface area (Å²) in [7, 11) is 0. The van der Waals surface area contributed by atoms with Crippen molar-refractivity contribution < 1.29 is 14.7 Å². The lowest BCUT2D eigenvalue weighted by Crippen LogP contribution is -2.32. The lowest BCUT2D eigenvalue weighted by atomic mass is 9.97. The maximum absolute atomic E-state index is 11.7. The number of hydrogen-bond acceptors (Lipinski definition) is 2. The highest BCUT2D eigenvalue weighted by Crippen LogP contribution is 2.17. The predicted octanol–water partition coefficient (Wildman–Crippen LogP) is 3.33. The number of nitrogens with one attached hydrogen (secondary N) is 1. The summed E-state index contributed by atoms with van der Waals surface area (Å²) in [5.74, 6) is -1.44. The number of carboxylic acid groups (broad SMARTS) is 1. The molecule has 0 saturated carbocycles. The van der Waals surface area contributed by atoms with E-state index in [1.165, 1.54) is 6.08 Å². The minimum absolute atomic E-state index is 0.145. The van der Waals surface area contributed by atoms with Gasteiger partial charge < -0.3 is 10.4 Å². The van der Waals surface area contributed by atoms with Gasteiger partial charge in [-0.15, -0.1) is 0 Å². The molecule has 0 aliphatic heterocycles. The van der Waals surface area contributed by atoms with E-state index in [-0.39, 0.29) is 18.4 Å². The van der Waals surface area contributed by atoms with Gasteiger partial charge in [-0.25, -0.2) is 0 Å². The quantitative estimate of drug-likeness (QED) is 0.738. The molecule has 1 aromatic carbocycles. The molecule has 0 saturated heterocycles. The van der Waals surface area contributed by atoms with Crippen LogP contribution in [0.2, 0.25) is 0 Å². The molecule has 1 atom stereocenters. The Morgan fingerprint density at radius 3 is 2.57 bits per heavy atom. The third-order valence-electron chi connectivity index (χ3n) is 2.95. The van der Waals surface area contributed by atoms with Gasteiger partial charge in [0, 0.05) is 17.1 Å². The highest BCUT2D eigenvalue weighted by Gasteiger charge is 2.19. The zero-order valence-electron chi connectivity index (χ0n) is 12.2. The second-order valence-electron chi connectivity index (χ2n) is 5.26. The summed E-state index contributed by atoms with van der Waals surface area (Å²) in [5, 5.41) is 11.7. The molecule has 1 unspecified atom stereocenters. The molecule has 0 aliphatic carbocycles. The standard InChI is InChI=1S/C16H20BrNO3/c1-11(2)9-13(16(20)21)10-18-15(19)8-7-12-5-3-4-6-14(12)17/h3-8,11,13H,9-10H2,1-2H3,(H,18,19)(H,20,21)/b8-7+. The van der Waals surface area contributed by atoms with E-state index in [4.69, 9.17) is 5.11 Å². The van der Waals surface area contributed by atoms with Gasteiger partial charge in [-0.05, 0) is 30.0 Å². The fourth-order valence-corrected chi connectivity index (χ4v) is 2.32. The highest BCUT2D eigenvalue weighted by atomic mass is 79.9. The number of amides is 1. The Bertz CT molecular complexity index is 526. The first-order valence-corrected chi connectivity index (χ1v) is 7.62. The topological polar surface area (TPSA) is 66.4 Å². The van der Waals surface area contributed by atoms with Gasteiger partial charge in [0.2, 0.25) is 5.91 Å². The summed E-state index contributed by atoms with van der Waals surface area (Å²) in [6.07, 6.45) is 3.65. The summed E-state index contributed by atoms with van der Waals surface area (Å²) in [6, 6.07) is 7.55. The third kappa shape index (κ3) is 6.58. The van der Waals surface area contributed by atoms with E-state index in [9.17, 15) is 9.59 Å². The van der Waals surface area contributed by atoms with Gasteiger partial charge in [-0.1, -0.05) is 48.0 Å². The van der Waals surface area contributed by atoms with Crippen molar-refractivity contribution in [3.63, 3.8) is 0 Å². The molecule has 1 aromatic rings. The van der Waals surface area contributed by atoms with E-state index in [0.29, 0.717) is 6.42 Å². The van der Waals surface area contributed by atoms with Crippen LogP contribution >= 0.6 is 15.9 Å². The SMILES string of the molecule is CC(C)CC(CNC(=O)/C=C/c1ccccc1Br)C(=O)O. The number of benzene rings is 1. The summed E-state index contributed by atoms with van der Waals surface area (Å²) in [5.41, 5.74) is 0.893. The molecule has 2 N–H and O–H groups in total. The second kappa shape index (κ2) is 8.62. The molecule has 0 aliphatic rings. The minimum Gasteiger partial charge on any atom is -0.481 e. The normalized spacial score (nSPS) is 12.6. The summed E-state index contributed by atoms with van der Waals surface area (Å²) < 4.78 is 0.900. The Balaban J connectivity index is 2.53. The Morgan fingerprint density at radius 2 is 2.00 bits per heavy atom. The molecular formula is C16H20BrNO3. The van der Waals surface area contributed by atoms with Gasteiger partial charge in [0.1, 0.15) is 0 Å². The van der Waals surface area contributed by atoms with Crippen LogP contribution in [0.3, 0.4) is 0 Å². The predicted molar refractivity (Wildman–Crippen MR) is 86.8 cm³/mol. The van der Waals surface area contributed by atoms with Crippen LogP contribution in [0, 0.1) is 11.8 Å². The van der Waals surface area contributed by atoms with Gasteiger partial charge in [0.15, 0.2) is 0 Å². The molecule has 0 spiro atoms. The van der Waals surface area contributed by atoms with Crippen LogP contribution in [0.1, 0.15) is 25.8 Å². The van der Waals surface area contributed by atoms with Crippen molar-refractivity contribution >= 4 is 33.9 Å². The third-order valence-corrected chi connectivity index (χ3v) is 3.67. The molecule has 0 bridgehead atoms. The van der Waals surface area contributed by atoms with Crippen molar-refractivity contribution in [3.05, 3.63) is 40.4 Å². The van der Waals surface area contributed by atoms with Crippen molar-refractivity contribution in [3.8, 4) is 0 Å². The summed E-state index contributed by atoms with van der Waals surface area (Å²) in [4.78, 5) is 22.8. The van der Waals surface area contributed by atoms with Crippen LogP contribution in [-0.4, -0.2) is 23.5 Å². The Kier molecular flexibility index (Phi) is 7.15. The first-order chi connectivity index (χ1) is 9.90. The molecule has 0 heterocycles. The molecule has 21 heavy (non-hydrogen) atoms. The smallest absolute Gasteiger partial charge is 0.308 e. The van der Waals surface area contributed by atoms with Crippen LogP contribution in [-0.2, 0) is 9.59 Å². The van der Waals surface area contributed by atoms with Crippen LogP contribution in [0.25, 0.3) is 6.08 Å². The van der Waals surface area contributed by atoms with Gasteiger partial charge in [-0.2, -0.15) is 0 Å². The highest BCUT2D eigenvalue weighted by molar-refractivity contribution is 9.10. The zero-order valence-corrected chi connectivity index (χ0v) is 13.8. The number of aliphatic carboxylic acids is 1. The molecular weight excluding hydrogens is 334 g/mol. The van der Waals surface area contributed by atoms with Crippen molar-refractivity contribution in [2.75, 3.05) is 6.54 Å². The first-order valence-electron chi connectivity index (χ1n) is 6.83. The molecule has 1 rings (SSSR count). The molecule has 5 heteroatoms. The van der Waals surface area contributed by atoms with Crippen LogP contribution in [0.4, 0.5) is 0 Å². The van der Waals surface area contributed by atoms with E-state index in [2.05, 4.69) is 21.2 Å². The number of hydrogen-bond donors (Lipinski definition) is 2. The molecule has 0 aromatic heterocycles. The fraction of sp³-hybridized carbons (Fsp3) is 0.375. The number of halogens is 1. The van der Waals surface area contributed by atoms with E-state index >= 15 is 0 Å². The summed E-state index contributed by atoms with van der Waals surface area (Å²) >= 11 is 3.39. The maximum atomic E-state index is 11.7. The fourth-order valence-electron chi connectivity index (χ4n) is 1.90. The van der Waals surface area contributed by atoms with Gasteiger partial charge in [0.05, 0.1) is 5.92 Å². The van der Waals surface area contributed by atoms with E-state index < -0.39 is 11.9 Å². The molecule has 4 nitrogen and oxygen atoms in total. The van der Waals surface area contributed by atoms with Gasteiger partial charge in [0.25, 0.3) is 0 Å². The Hall–Kier alpha value is -1.62. The Morgan fingerprint density at radius 1 is 1.33 bits per heavy atom. The van der Waals surface area contributed by atoms with Crippen LogP contribution < -0.4 is 5.32 Å². The van der Waals surface area contributed by atoms with E-state index in [1.807, 2.05) is 38.1 Å². The minimum atomic E-state index is -0.876. The number of carbonyl (C=O) groups is 2. The molecule has 114 valence electrons. The first kappa shape index (κ1) is 17.4. The number of rotatable bonds is 7. The second-order valence-corrected chi connectivity index (χ2v) is 6.12. The molecule has 0 fully saturated rings. The zero-order chi connectivity index (χ0) is 15.8. The van der Waals surface area contributed by atoms with Crippen LogP contribution in [0.15, 0.2) is 34.8 Å². The van der Waals surface area contributed by atoms with Crippen molar-refractivity contribution in [2.45, 2.75) is 20.3 Å². The average Bonchev–Trinajstić information content (AvgIpc) is 2.41. The number of carboxylic acids is 1. The van der Waals surface area contributed by atoms with Crippen molar-refractivity contribution in [2.24, 2.45) is 11.8 Å². The van der Waals surface area contributed by atoms with E-state index in [0.717, 1.165) is 10.0 Å². The van der Waals surface area contributed by atoms with Gasteiger partial charge >= 0.3 is 5.97 Å². The molecule has 1 amide bonds. The maximum Gasteiger partial charge on any atom is 0.308 e. The lowest BCUT2D eigenvalue weighted by molar-refractivity contribution is -0.142. The van der Waals surface area contributed by atoms with E-state index in [1.54, 1.807) is 6.08 Å². The van der Waals surface area contributed by atoms with Crippen molar-refractivity contribution in [1.29, 1.82) is 0 Å². The van der Waals surface area contributed by atoms with Gasteiger partial charge in [-0.3, -0.25) is 9.59 Å². The monoisotopic (exact) mass is 353 g/mol. The number of carbonyl (C=O) groups excluding carboxylic acids is 1. The molecule has 0 radical (unpaired) electrons.